The minimum atomic E-state index is -0.243. The van der Waals surface area contributed by atoms with Gasteiger partial charge in [-0.1, -0.05) is 18.6 Å². The Morgan fingerprint density at radius 2 is 2.16 bits per heavy atom. The first-order chi connectivity index (χ1) is 12.2. The SMILES string of the molecule is CCNC(=NCc1cccc(F)c1)NCCCN1CCCCCC1=O. The van der Waals surface area contributed by atoms with Crippen molar-refractivity contribution in [3.05, 3.63) is 35.6 Å². The van der Waals surface area contributed by atoms with Crippen LogP contribution in [0.2, 0.25) is 0 Å². The van der Waals surface area contributed by atoms with Crippen LogP contribution in [-0.2, 0) is 11.3 Å². The Morgan fingerprint density at radius 3 is 2.96 bits per heavy atom. The van der Waals surface area contributed by atoms with E-state index in [1.54, 1.807) is 6.07 Å². The van der Waals surface area contributed by atoms with Crippen molar-refractivity contribution in [3.63, 3.8) is 0 Å². The number of halogens is 1. The van der Waals surface area contributed by atoms with Crippen molar-refractivity contribution in [2.75, 3.05) is 26.2 Å². The van der Waals surface area contributed by atoms with Crippen LogP contribution >= 0.6 is 0 Å². The number of likely N-dealkylation sites (tertiary alicyclic amines) is 1. The van der Waals surface area contributed by atoms with Crippen LogP contribution in [0, 0.1) is 5.82 Å². The Bertz CT molecular complexity index is 576. The summed E-state index contributed by atoms with van der Waals surface area (Å²) in [4.78, 5) is 18.4. The van der Waals surface area contributed by atoms with E-state index >= 15 is 0 Å². The lowest BCUT2D eigenvalue weighted by molar-refractivity contribution is -0.130. The highest BCUT2D eigenvalue weighted by atomic mass is 19.1. The van der Waals surface area contributed by atoms with E-state index in [1.165, 1.54) is 12.1 Å². The van der Waals surface area contributed by atoms with Crippen LogP contribution in [0.1, 0.15) is 44.6 Å². The molecule has 1 heterocycles. The summed E-state index contributed by atoms with van der Waals surface area (Å²) in [6.07, 6.45) is 4.85. The van der Waals surface area contributed by atoms with Gasteiger partial charge in [0.2, 0.25) is 5.91 Å². The molecule has 1 aromatic rings. The molecule has 6 heteroatoms. The fourth-order valence-corrected chi connectivity index (χ4v) is 2.90. The van der Waals surface area contributed by atoms with E-state index in [9.17, 15) is 9.18 Å². The molecule has 2 rings (SSSR count). The number of nitrogens with zero attached hydrogens (tertiary/aromatic N) is 2. The van der Waals surface area contributed by atoms with Crippen LogP contribution in [0.3, 0.4) is 0 Å². The first-order valence-corrected chi connectivity index (χ1v) is 9.23. The maximum Gasteiger partial charge on any atom is 0.222 e. The number of amides is 1. The normalized spacial score (nSPS) is 15.8. The largest absolute Gasteiger partial charge is 0.357 e. The summed E-state index contributed by atoms with van der Waals surface area (Å²) >= 11 is 0. The number of guanidine groups is 1. The molecule has 1 saturated heterocycles. The minimum Gasteiger partial charge on any atom is -0.357 e. The van der Waals surface area contributed by atoms with Crippen molar-refractivity contribution in [2.24, 2.45) is 4.99 Å². The maximum atomic E-state index is 13.2. The second-order valence-electron chi connectivity index (χ2n) is 6.30. The summed E-state index contributed by atoms with van der Waals surface area (Å²) < 4.78 is 13.2. The van der Waals surface area contributed by atoms with E-state index in [2.05, 4.69) is 15.6 Å². The van der Waals surface area contributed by atoms with Crippen molar-refractivity contribution in [1.29, 1.82) is 0 Å². The predicted octanol–water partition coefficient (Wildman–Crippen LogP) is 2.67. The Kier molecular flexibility index (Phi) is 8.22. The molecule has 0 unspecified atom stereocenters. The highest BCUT2D eigenvalue weighted by Gasteiger charge is 2.15. The zero-order valence-electron chi connectivity index (χ0n) is 15.1. The van der Waals surface area contributed by atoms with Gasteiger partial charge in [0.25, 0.3) is 0 Å². The van der Waals surface area contributed by atoms with Gasteiger partial charge in [-0.05, 0) is 43.9 Å². The summed E-state index contributed by atoms with van der Waals surface area (Å²) in [7, 11) is 0. The molecule has 0 aromatic heterocycles. The molecular weight excluding hydrogens is 319 g/mol. The van der Waals surface area contributed by atoms with Crippen molar-refractivity contribution < 1.29 is 9.18 Å². The Morgan fingerprint density at radius 1 is 1.28 bits per heavy atom. The number of carbonyl (C=O) groups excluding carboxylic acids is 1. The van der Waals surface area contributed by atoms with Gasteiger partial charge in [-0.15, -0.1) is 0 Å². The summed E-state index contributed by atoms with van der Waals surface area (Å²) in [6, 6.07) is 6.48. The number of rotatable bonds is 7. The average molecular weight is 348 g/mol. The van der Waals surface area contributed by atoms with Gasteiger partial charge in [0.15, 0.2) is 5.96 Å². The quantitative estimate of drug-likeness (QED) is 0.452. The van der Waals surface area contributed by atoms with Gasteiger partial charge >= 0.3 is 0 Å². The molecule has 1 aromatic carbocycles. The summed E-state index contributed by atoms with van der Waals surface area (Å²) in [5.41, 5.74) is 0.840. The third-order valence-corrected chi connectivity index (χ3v) is 4.22. The Hall–Kier alpha value is -2.11. The predicted molar refractivity (Wildman–Crippen MR) is 98.9 cm³/mol. The van der Waals surface area contributed by atoms with Crippen molar-refractivity contribution in [2.45, 2.75) is 45.6 Å². The third kappa shape index (κ3) is 7.11. The van der Waals surface area contributed by atoms with Gasteiger partial charge in [-0.2, -0.15) is 0 Å². The monoisotopic (exact) mass is 348 g/mol. The molecule has 25 heavy (non-hydrogen) atoms. The lowest BCUT2D eigenvalue weighted by atomic mass is 10.2. The number of hydrogen-bond acceptors (Lipinski definition) is 2. The average Bonchev–Trinajstić information content (AvgIpc) is 2.81. The zero-order valence-corrected chi connectivity index (χ0v) is 15.1. The topological polar surface area (TPSA) is 56.7 Å². The van der Waals surface area contributed by atoms with Crippen molar-refractivity contribution in [3.8, 4) is 0 Å². The van der Waals surface area contributed by atoms with Crippen LogP contribution < -0.4 is 10.6 Å². The third-order valence-electron chi connectivity index (χ3n) is 4.22. The summed E-state index contributed by atoms with van der Waals surface area (Å²) in [5, 5.41) is 6.47. The van der Waals surface area contributed by atoms with E-state index in [1.807, 2.05) is 17.9 Å². The molecule has 0 spiro atoms. The smallest absolute Gasteiger partial charge is 0.222 e. The molecule has 0 atom stereocenters. The second kappa shape index (κ2) is 10.7. The van der Waals surface area contributed by atoms with Crippen LogP contribution in [0.25, 0.3) is 0 Å². The standard InChI is InChI=1S/C19H29FN4O/c1-2-21-19(23-15-16-8-6-9-17(20)14-16)22-11-7-13-24-12-5-3-4-10-18(24)25/h6,8-9,14H,2-5,7,10-13,15H2,1H3,(H2,21,22,23). The Balaban J connectivity index is 1.76. The molecule has 0 saturated carbocycles. The molecule has 1 fully saturated rings. The first kappa shape index (κ1) is 19.2. The number of nitrogens with one attached hydrogen (secondary N) is 2. The van der Waals surface area contributed by atoms with E-state index < -0.39 is 0 Å². The maximum absolute atomic E-state index is 13.2. The van der Waals surface area contributed by atoms with Gasteiger partial charge in [0, 0.05) is 32.6 Å². The molecule has 0 bridgehead atoms. The molecular formula is C19H29FN4O. The second-order valence-corrected chi connectivity index (χ2v) is 6.30. The molecule has 1 amide bonds. The molecule has 138 valence electrons. The lowest BCUT2D eigenvalue weighted by Gasteiger charge is -2.20. The van der Waals surface area contributed by atoms with Gasteiger partial charge in [0.05, 0.1) is 6.54 Å². The van der Waals surface area contributed by atoms with Gasteiger partial charge < -0.3 is 15.5 Å². The van der Waals surface area contributed by atoms with E-state index in [0.717, 1.165) is 57.4 Å². The van der Waals surface area contributed by atoms with Gasteiger partial charge in [-0.25, -0.2) is 9.38 Å². The first-order valence-electron chi connectivity index (χ1n) is 9.23. The van der Waals surface area contributed by atoms with E-state index in [4.69, 9.17) is 0 Å². The molecule has 5 nitrogen and oxygen atoms in total. The minimum absolute atomic E-state index is 0.243. The fraction of sp³-hybridized carbons (Fsp3) is 0.579. The van der Waals surface area contributed by atoms with Gasteiger partial charge in [-0.3, -0.25) is 4.79 Å². The highest BCUT2D eigenvalue weighted by molar-refractivity contribution is 5.79. The van der Waals surface area contributed by atoms with E-state index in [0.29, 0.717) is 18.9 Å². The van der Waals surface area contributed by atoms with Crippen LogP contribution in [0.15, 0.2) is 29.3 Å². The number of benzene rings is 1. The van der Waals surface area contributed by atoms with Gasteiger partial charge in [0.1, 0.15) is 5.82 Å². The summed E-state index contributed by atoms with van der Waals surface area (Å²) in [5.74, 6) is 0.755. The highest BCUT2D eigenvalue weighted by Crippen LogP contribution is 2.11. The van der Waals surface area contributed by atoms with E-state index in [-0.39, 0.29) is 11.7 Å². The molecule has 2 N–H and O–H groups in total. The zero-order chi connectivity index (χ0) is 17.9. The molecule has 1 aliphatic rings. The number of aliphatic imine (C=N–C) groups is 1. The van der Waals surface area contributed by atoms with Crippen LogP contribution in [0.5, 0.6) is 0 Å². The molecule has 0 aliphatic carbocycles. The summed E-state index contributed by atoms with van der Waals surface area (Å²) in [6.45, 7) is 5.62. The molecule has 1 aliphatic heterocycles. The lowest BCUT2D eigenvalue weighted by Crippen LogP contribution is -2.39. The number of carbonyl (C=O) groups is 1. The van der Waals surface area contributed by atoms with Crippen molar-refractivity contribution >= 4 is 11.9 Å². The Labute approximate surface area is 149 Å². The van der Waals surface area contributed by atoms with Crippen LogP contribution in [-0.4, -0.2) is 42.9 Å². The van der Waals surface area contributed by atoms with Crippen LogP contribution in [0.4, 0.5) is 4.39 Å². The van der Waals surface area contributed by atoms with Crippen molar-refractivity contribution in [1.82, 2.24) is 15.5 Å². The number of hydrogen-bond donors (Lipinski definition) is 2. The molecule has 0 radical (unpaired) electrons. The fourth-order valence-electron chi connectivity index (χ4n) is 2.90.